The van der Waals surface area contributed by atoms with Gasteiger partial charge in [0, 0.05) is 29.4 Å². The van der Waals surface area contributed by atoms with Crippen LogP contribution in [0.1, 0.15) is 40.8 Å². The molecule has 1 N–H and O–H groups in total. The molecule has 0 fully saturated rings. The molecule has 31 heavy (non-hydrogen) atoms. The summed E-state index contributed by atoms with van der Waals surface area (Å²) in [5.41, 5.74) is 1.01. The first-order chi connectivity index (χ1) is 14.5. The van der Waals surface area contributed by atoms with E-state index in [1.165, 1.54) is 6.92 Å². The lowest BCUT2D eigenvalue weighted by molar-refractivity contribution is -0.144. The zero-order valence-electron chi connectivity index (χ0n) is 16.3. The van der Waals surface area contributed by atoms with Gasteiger partial charge in [-0.25, -0.2) is 18.3 Å². The number of nitrogens with zero attached hydrogens (tertiary/aromatic N) is 5. The number of nitriles is 1. The standard InChI is InChI=1S/C19H15F5N6O/c1-9-12(10(2)30-18(26-9)28-17(29-30)19(22,23)24)5-6-16(31)27-15(8-25)13-4-3-11(20)7-14(13)21/h3-4,7,15H,5-6H2,1-2H3,(H,27,31). The molecule has 0 saturated carbocycles. The Balaban J connectivity index is 1.77. The van der Waals surface area contributed by atoms with E-state index in [0.29, 0.717) is 23.0 Å². The molecular formula is C19H15F5N6O. The second-order valence-corrected chi connectivity index (χ2v) is 6.70. The predicted molar refractivity (Wildman–Crippen MR) is 96.4 cm³/mol. The summed E-state index contributed by atoms with van der Waals surface area (Å²) in [6.45, 7) is 3.09. The number of rotatable bonds is 5. The first kappa shape index (κ1) is 22.1. The Morgan fingerprint density at radius 1 is 1.26 bits per heavy atom. The van der Waals surface area contributed by atoms with Crippen molar-refractivity contribution in [1.29, 1.82) is 5.26 Å². The Bertz CT molecular complexity index is 1200. The fourth-order valence-corrected chi connectivity index (χ4v) is 3.08. The van der Waals surface area contributed by atoms with Crippen LogP contribution < -0.4 is 5.32 Å². The van der Waals surface area contributed by atoms with Crippen molar-refractivity contribution in [2.45, 2.75) is 38.9 Å². The number of halogens is 5. The number of fused-ring (bicyclic) bond motifs is 1. The molecule has 1 amide bonds. The van der Waals surface area contributed by atoms with Gasteiger partial charge in [0.15, 0.2) is 0 Å². The summed E-state index contributed by atoms with van der Waals surface area (Å²) >= 11 is 0. The molecule has 0 bridgehead atoms. The van der Waals surface area contributed by atoms with Gasteiger partial charge < -0.3 is 5.32 Å². The lowest BCUT2D eigenvalue weighted by atomic mass is 10.0. The summed E-state index contributed by atoms with van der Waals surface area (Å²) in [5.74, 6) is -3.94. The van der Waals surface area contributed by atoms with Crippen molar-refractivity contribution in [1.82, 2.24) is 24.9 Å². The molecule has 3 aromatic rings. The zero-order chi connectivity index (χ0) is 22.9. The SMILES string of the molecule is Cc1nc2nc(C(F)(F)F)nn2c(C)c1CCC(=O)NC(C#N)c1ccc(F)cc1F. The molecule has 0 aliphatic rings. The molecule has 0 aliphatic carbocycles. The van der Waals surface area contributed by atoms with E-state index in [2.05, 4.69) is 20.4 Å². The van der Waals surface area contributed by atoms with Gasteiger partial charge in [0.2, 0.25) is 5.91 Å². The Kier molecular flexibility index (Phi) is 5.88. The van der Waals surface area contributed by atoms with Gasteiger partial charge >= 0.3 is 6.18 Å². The van der Waals surface area contributed by atoms with E-state index >= 15 is 0 Å². The number of aromatic nitrogens is 4. The molecular weight excluding hydrogens is 423 g/mol. The van der Waals surface area contributed by atoms with Crippen LogP contribution >= 0.6 is 0 Å². The number of nitrogens with one attached hydrogen (secondary N) is 1. The van der Waals surface area contributed by atoms with Crippen molar-refractivity contribution in [2.75, 3.05) is 0 Å². The van der Waals surface area contributed by atoms with E-state index in [1.54, 1.807) is 13.0 Å². The van der Waals surface area contributed by atoms with Crippen molar-refractivity contribution in [3.05, 3.63) is 58.2 Å². The molecule has 1 aromatic carbocycles. The van der Waals surface area contributed by atoms with Gasteiger partial charge in [-0.15, -0.1) is 5.10 Å². The topological polar surface area (TPSA) is 96.0 Å². The van der Waals surface area contributed by atoms with E-state index in [1.807, 2.05) is 0 Å². The van der Waals surface area contributed by atoms with Crippen LogP contribution in [0.4, 0.5) is 22.0 Å². The second kappa shape index (κ2) is 8.25. The minimum atomic E-state index is -4.73. The van der Waals surface area contributed by atoms with Crippen LogP contribution in [-0.4, -0.2) is 25.5 Å². The number of benzene rings is 1. The van der Waals surface area contributed by atoms with Crippen molar-refractivity contribution >= 4 is 11.7 Å². The zero-order valence-corrected chi connectivity index (χ0v) is 16.3. The van der Waals surface area contributed by atoms with E-state index in [9.17, 15) is 32.0 Å². The molecule has 7 nitrogen and oxygen atoms in total. The van der Waals surface area contributed by atoms with E-state index < -0.39 is 35.6 Å². The summed E-state index contributed by atoms with van der Waals surface area (Å²) in [5, 5.41) is 15.0. The molecule has 1 unspecified atom stereocenters. The average molecular weight is 438 g/mol. The Morgan fingerprint density at radius 2 is 1.97 bits per heavy atom. The van der Waals surface area contributed by atoms with Crippen LogP contribution in [0.3, 0.4) is 0 Å². The molecule has 0 radical (unpaired) electrons. The Hall–Kier alpha value is -3.62. The Morgan fingerprint density at radius 3 is 2.58 bits per heavy atom. The lowest BCUT2D eigenvalue weighted by Crippen LogP contribution is -2.28. The highest BCUT2D eigenvalue weighted by atomic mass is 19.4. The third-order valence-corrected chi connectivity index (χ3v) is 4.61. The number of hydrogen-bond donors (Lipinski definition) is 1. The molecule has 162 valence electrons. The average Bonchev–Trinajstić information content (AvgIpc) is 3.11. The van der Waals surface area contributed by atoms with Gasteiger partial charge in [0.05, 0.1) is 6.07 Å². The minimum absolute atomic E-state index is 0.0811. The first-order valence-electron chi connectivity index (χ1n) is 8.95. The van der Waals surface area contributed by atoms with Gasteiger partial charge in [0.1, 0.15) is 17.7 Å². The van der Waals surface area contributed by atoms with Gasteiger partial charge in [-0.1, -0.05) is 6.07 Å². The van der Waals surface area contributed by atoms with Gasteiger partial charge in [-0.3, -0.25) is 4.79 Å². The summed E-state index contributed by atoms with van der Waals surface area (Å²) in [6.07, 6.45) is -4.80. The largest absolute Gasteiger partial charge is 0.453 e. The quantitative estimate of drug-likeness (QED) is 0.617. The maximum Gasteiger partial charge on any atom is 0.453 e. The highest BCUT2D eigenvalue weighted by Gasteiger charge is 2.37. The monoisotopic (exact) mass is 438 g/mol. The first-order valence-corrected chi connectivity index (χ1v) is 8.95. The highest BCUT2D eigenvalue weighted by Crippen LogP contribution is 2.27. The molecule has 0 saturated heterocycles. The summed E-state index contributed by atoms with van der Waals surface area (Å²) in [7, 11) is 0. The van der Waals surface area contributed by atoms with Crippen LogP contribution in [0.25, 0.3) is 5.78 Å². The maximum atomic E-state index is 13.9. The maximum absolute atomic E-state index is 13.9. The van der Waals surface area contributed by atoms with Crippen LogP contribution in [0.15, 0.2) is 18.2 Å². The fraction of sp³-hybridized carbons (Fsp3) is 0.316. The van der Waals surface area contributed by atoms with Crippen molar-refractivity contribution in [3.8, 4) is 6.07 Å². The summed E-state index contributed by atoms with van der Waals surface area (Å²) in [6, 6.07) is 3.04. The van der Waals surface area contributed by atoms with E-state index in [4.69, 9.17) is 0 Å². The molecule has 3 rings (SSSR count). The number of alkyl halides is 3. The number of carbonyl (C=O) groups is 1. The van der Waals surface area contributed by atoms with Crippen LogP contribution in [0, 0.1) is 36.8 Å². The minimum Gasteiger partial charge on any atom is -0.337 e. The normalized spacial score (nSPS) is 12.6. The second-order valence-electron chi connectivity index (χ2n) is 6.70. The smallest absolute Gasteiger partial charge is 0.337 e. The number of hydrogen-bond acceptors (Lipinski definition) is 5. The van der Waals surface area contributed by atoms with E-state index in [0.717, 1.165) is 16.6 Å². The number of aryl methyl sites for hydroxylation is 2. The Labute approximate surface area is 172 Å². The fourth-order valence-electron chi connectivity index (χ4n) is 3.08. The third kappa shape index (κ3) is 4.60. The predicted octanol–water partition coefficient (Wildman–Crippen LogP) is 3.35. The summed E-state index contributed by atoms with van der Waals surface area (Å²) < 4.78 is 66.5. The van der Waals surface area contributed by atoms with Crippen molar-refractivity contribution in [2.24, 2.45) is 0 Å². The van der Waals surface area contributed by atoms with E-state index in [-0.39, 0.29) is 24.2 Å². The third-order valence-electron chi connectivity index (χ3n) is 4.61. The van der Waals surface area contributed by atoms with Crippen LogP contribution in [0.2, 0.25) is 0 Å². The molecule has 0 spiro atoms. The molecule has 1 atom stereocenters. The molecule has 0 aliphatic heterocycles. The van der Waals surface area contributed by atoms with Crippen LogP contribution in [-0.2, 0) is 17.4 Å². The van der Waals surface area contributed by atoms with Crippen molar-refractivity contribution < 1.29 is 26.7 Å². The molecule has 12 heteroatoms. The van der Waals surface area contributed by atoms with Crippen LogP contribution in [0.5, 0.6) is 0 Å². The number of carbonyl (C=O) groups excluding carboxylic acids is 1. The summed E-state index contributed by atoms with van der Waals surface area (Å²) in [4.78, 5) is 19.7. The highest BCUT2D eigenvalue weighted by molar-refractivity contribution is 5.77. The van der Waals surface area contributed by atoms with Gasteiger partial charge in [0.25, 0.3) is 11.6 Å². The number of amides is 1. The molecule has 2 aromatic heterocycles. The molecule has 2 heterocycles. The lowest BCUT2D eigenvalue weighted by Gasteiger charge is -2.14. The van der Waals surface area contributed by atoms with Gasteiger partial charge in [-0.05, 0) is 31.9 Å². The van der Waals surface area contributed by atoms with Gasteiger partial charge in [-0.2, -0.15) is 23.4 Å². The van der Waals surface area contributed by atoms with Crippen molar-refractivity contribution in [3.63, 3.8) is 0 Å².